The molecule has 0 bridgehead atoms. The van der Waals surface area contributed by atoms with Gasteiger partial charge in [0.15, 0.2) is 5.82 Å². The molecule has 146 valence electrons. The molecule has 3 rings (SSSR count). The molecule has 0 atom stereocenters. The first-order valence-corrected chi connectivity index (χ1v) is 10.6. The second-order valence-corrected chi connectivity index (χ2v) is 7.65. The van der Waals surface area contributed by atoms with Crippen molar-refractivity contribution in [2.24, 2.45) is 16.8 Å². The van der Waals surface area contributed by atoms with E-state index in [0.29, 0.717) is 11.5 Å². The van der Waals surface area contributed by atoms with Crippen molar-refractivity contribution >= 4 is 23.1 Å². The van der Waals surface area contributed by atoms with Crippen LogP contribution in [0, 0.1) is 41.3 Å². The number of nitrogens with zero attached hydrogens (tertiary/aromatic N) is 1. The molecule has 1 fully saturated rings. The van der Waals surface area contributed by atoms with Crippen LogP contribution in [0.1, 0.15) is 62.1 Å². The number of halogens is 1. The van der Waals surface area contributed by atoms with Gasteiger partial charge in [0, 0.05) is 22.6 Å². The molecule has 0 aliphatic heterocycles. The second-order valence-electron chi connectivity index (χ2n) is 7.47. The van der Waals surface area contributed by atoms with Crippen molar-refractivity contribution in [2.75, 3.05) is 0 Å². The van der Waals surface area contributed by atoms with Gasteiger partial charge >= 0.3 is 0 Å². The van der Waals surface area contributed by atoms with Gasteiger partial charge in [0.2, 0.25) is 0 Å². The number of benzene rings is 2. The molecule has 3 heteroatoms. The standard InChI is InChI=1S/C26H24FNS/c1-2-3-20-4-6-21(7-5-20)8-9-22-10-12-23(13-11-22)14-15-24-16-17-26(28-19-29)25(27)18-24/h10-13,16-18,20-21H,2-7H2,1H3. The van der Waals surface area contributed by atoms with E-state index in [-0.39, 0.29) is 5.69 Å². The van der Waals surface area contributed by atoms with E-state index in [1.165, 1.54) is 44.6 Å². The van der Waals surface area contributed by atoms with Crippen LogP contribution in [0.5, 0.6) is 0 Å². The van der Waals surface area contributed by atoms with Crippen molar-refractivity contribution in [3.8, 4) is 23.7 Å². The summed E-state index contributed by atoms with van der Waals surface area (Å²) in [4.78, 5) is 3.67. The molecule has 0 saturated heterocycles. The minimum absolute atomic E-state index is 0.173. The highest BCUT2D eigenvalue weighted by Crippen LogP contribution is 2.31. The average molecular weight is 402 g/mol. The maximum absolute atomic E-state index is 13.9. The fourth-order valence-electron chi connectivity index (χ4n) is 3.69. The Bertz CT molecular complexity index is 1000. The fourth-order valence-corrected chi connectivity index (χ4v) is 3.79. The molecule has 0 heterocycles. The smallest absolute Gasteiger partial charge is 0.150 e. The van der Waals surface area contributed by atoms with E-state index in [0.717, 1.165) is 17.0 Å². The van der Waals surface area contributed by atoms with Crippen molar-refractivity contribution in [1.82, 2.24) is 0 Å². The third-order valence-electron chi connectivity index (χ3n) is 5.31. The van der Waals surface area contributed by atoms with Crippen LogP contribution in [0.25, 0.3) is 0 Å². The number of hydrogen-bond acceptors (Lipinski definition) is 2. The average Bonchev–Trinajstić information content (AvgIpc) is 2.74. The third-order valence-corrected chi connectivity index (χ3v) is 5.41. The Morgan fingerprint density at radius 3 is 2.17 bits per heavy atom. The lowest BCUT2D eigenvalue weighted by molar-refractivity contribution is 0.300. The summed E-state index contributed by atoms with van der Waals surface area (Å²) in [6.07, 6.45) is 7.75. The Kier molecular flexibility index (Phi) is 7.77. The van der Waals surface area contributed by atoms with Gasteiger partial charge in [0.25, 0.3) is 0 Å². The third kappa shape index (κ3) is 6.40. The van der Waals surface area contributed by atoms with Gasteiger partial charge in [-0.2, -0.15) is 4.99 Å². The van der Waals surface area contributed by atoms with Crippen LogP contribution < -0.4 is 0 Å². The molecule has 0 spiro atoms. The van der Waals surface area contributed by atoms with Crippen LogP contribution in [0.2, 0.25) is 0 Å². The highest BCUT2D eigenvalue weighted by Gasteiger charge is 2.18. The van der Waals surface area contributed by atoms with Gasteiger partial charge in [-0.3, -0.25) is 0 Å². The first-order valence-electron chi connectivity index (χ1n) is 10.2. The van der Waals surface area contributed by atoms with Gasteiger partial charge in [-0.25, -0.2) is 4.39 Å². The van der Waals surface area contributed by atoms with Crippen molar-refractivity contribution in [3.05, 3.63) is 65.0 Å². The molecule has 1 aliphatic rings. The first-order chi connectivity index (χ1) is 14.2. The summed E-state index contributed by atoms with van der Waals surface area (Å²) in [6, 6.07) is 12.5. The lowest BCUT2D eigenvalue weighted by atomic mass is 9.80. The summed E-state index contributed by atoms with van der Waals surface area (Å²) in [7, 11) is 0. The Morgan fingerprint density at radius 2 is 1.55 bits per heavy atom. The van der Waals surface area contributed by atoms with Crippen LogP contribution in [0.15, 0.2) is 47.5 Å². The molecule has 1 nitrogen and oxygen atoms in total. The molecule has 0 amide bonds. The number of isothiocyanates is 1. The largest absolute Gasteiger partial charge is 0.205 e. The molecular formula is C26H24FNS. The highest BCUT2D eigenvalue weighted by atomic mass is 32.1. The van der Waals surface area contributed by atoms with E-state index in [2.05, 4.69) is 53.0 Å². The molecule has 0 unspecified atom stereocenters. The zero-order valence-corrected chi connectivity index (χ0v) is 17.5. The summed E-state index contributed by atoms with van der Waals surface area (Å²) >= 11 is 4.50. The van der Waals surface area contributed by atoms with Gasteiger partial charge in [-0.15, -0.1) is 0 Å². The van der Waals surface area contributed by atoms with E-state index in [9.17, 15) is 4.39 Å². The van der Waals surface area contributed by atoms with E-state index < -0.39 is 5.82 Å². The lowest BCUT2D eigenvalue weighted by Gasteiger charge is -2.25. The van der Waals surface area contributed by atoms with E-state index >= 15 is 0 Å². The number of rotatable bonds is 3. The SMILES string of the molecule is CCCC1CCC(C#Cc2ccc(C#Cc3ccc(N=C=S)c(F)c3)cc2)CC1. The zero-order valence-electron chi connectivity index (χ0n) is 16.7. The molecule has 1 aliphatic carbocycles. The van der Waals surface area contributed by atoms with Crippen molar-refractivity contribution in [3.63, 3.8) is 0 Å². The minimum atomic E-state index is -0.455. The topological polar surface area (TPSA) is 12.4 Å². The monoisotopic (exact) mass is 401 g/mol. The minimum Gasteiger partial charge on any atom is -0.205 e. The quantitative estimate of drug-likeness (QED) is 0.309. The molecule has 0 aromatic heterocycles. The zero-order chi connectivity index (χ0) is 20.5. The number of thiocarbonyl (C=S) groups is 1. The highest BCUT2D eigenvalue weighted by molar-refractivity contribution is 7.78. The molecular weight excluding hydrogens is 377 g/mol. The molecule has 0 N–H and O–H groups in total. The molecule has 29 heavy (non-hydrogen) atoms. The van der Waals surface area contributed by atoms with Gasteiger partial charge < -0.3 is 0 Å². The molecule has 1 saturated carbocycles. The van der Waals surface area contributed by atoms with Crippen LogP contribution in [0.4, 0.5) is 10.1 Å². The fraction of sp³-hybridized carbons (Fsp3) is 0.346. The van der Waals surface area contributed by atoms with Crippen molar-refractivity contribution < 1.29 is 4.39 Å². The predicted molar refractivity (Wildman–Crippen MR) is 121 cm³/mol. The van der Waals surface area contributed by atoms with Crippen LogP contribution in [0.3, 0.4) is 0 Å². The second kappa shape index (κ2) is 10.7. The van der Waals surface area contributed by atoms with Gasteiger partial charge in [0.1, 0.15) is 5.69 Å². The Morgan fingerprint density at radius 1 is 0.931 bits per heavy atom. The summed E-state index contributed by atoms with van der Waals surface area (Å²) in [6.45, 7) is 2.27. The normalized spacial score (nSPS) is 17.9. The molecule has 0 radical (unpaired) electrons. The Labute approximate surface area is 178 Å². The summed E-state index contributed by atoms with van der Waals surface area (Å²) in [5.74, 6) is 13.8. The maximum Gasteiger partial charge on any atom is 0.150 e. The maximum atomic E-state index is 13.9. The summed E-state index contributed by atoms with van der Waals surface area (Å²) < 4.78 is 13.9. The van der Waals surface area contributed by atoms with Crippen LogP contribution in [-0.2, 0) is 0 Å². The van der Waals surface area contributed by atoms with Gasteiger partial charge in [-0.05, 0) is 86.3 Å². The summed E-state index contributed by atoms with van der Waals surface area (Å²) in [5, 5.41) is 2.17. The molecule has 2 aromatic carbocycles. The number of aliphatic imine (C=N–C) groups is 1. The van der Waals surface area contributed by atoms with Crippen LogP contribution in [-0.4, -0.2) is 5.16 Å². The van der Waals surface area contributed by atoms with E-state index in [4.69, 9.17) is 0 Å². The Balaban J connectivity index is 1.60. The first kappa shape index (κ1) is 21.0. The van der Waals surface area contributed by atoms with Gasteiger partial charge in [-0.1, -0.05) is 43.4 Å². The van der Waals surface area contributed by atoms with Gasteiger partial charge in [0.05, 0.1) is 5.16 Å². The van der Waals surface area contributed by atoms with Crippen LogP contribution >= 0.6 is 12.2 Å². The van der Waals surface area contributed by atoms with Crippen molar-refractivity contribution in [2.45, 2.75) is 45.4 Å². The Hall–Kier alpha value is -2.71. The summed E-state index contributed by atoms with van der Waals surface area (Å²) in [5.41, 5.74) is 2.65. The number of hydrogen-bond donors (Lipinski definition) is 0. The van der Waals surface area contributed by atoms with E-state index in [1.54, 1.807) is 12.1 Å². The van der Waals surface area contributed by atoms with E-state index in [1.807, 2.05) is 24.3 Å². The lowest BCUT2D eigenvalue weighted by Crippen LogP contribution is -2.13. The molecule has 2 aromatic rings. The van der Waals surface area contributed by atoms with Crippen molar-refractivity contribution in [1.29, 1.82) is 0 Å². The predicted octanol–water partition coefficient (Wildman–Crippen LogP) is 6.92.